The SMILES string of the molecule is O=C(OCC(=O)[C@H](OC(=O)c1ccccc1)[C@@H](COC(=O)c1ccccc1)OC(=O)c1ccccc1)c1ccccc1. The Morgan fingerprint density at radius 1 is 0.452 bits per heavy atom. The molecule has 212 valence electrons. The van der Waals surface area contributed by atoms with Crippen LogP contribution in [-0.2, 0) is 23.7 Å². The lowest BCUT2D eigenvalue weighted by Gasteiger charge is -2.26. The molecule has 4 rings (SSSR count). The van der Waals surface area contributed by atoms with Crippen LogP contribution in [0.3, 0.4) is 0 Å². The van der Waals surface area contributed by atoms with E-state index in [2.05, 4.69) is 0 Å². The fourth-order valence-corrected chi connectivity index (χ4v) is 3.76. The van der Waals surface area contributed by atoms with Crippen LogP contribution in [0.25, 0.3) is 0 Å². The number of ketones is 1. The van der Waals surface area contributed by atoms with Crippen LogP contribution in [0.15, 0.2) is 121 Å². The minimum absolute atomic E-state index is 0.117. The van der Waals surface area contributed by atoms with Crippen molar-refractivity contribution in [3.63, 3.8) is 0 Å². The second-order valence-corrected chi connectivity index (χ2v) is 8.87. The first-order chi connectivity index (χ1) is 20.4. The molecule has 0 spiro atoms. The molecule has 0 aliphatic carbocycles. The zero-order chi connectivity index (χ0) is 29.7. The molecule has 0 aliphatic rings. The molecule has 2 atom stereocenters. The molecule has 0 amide bonds. The summed E-state index contributed by atoms with van der Waals surface area (Å²) in [5.74, 6) is -4.20. The Morgan fingerprint density at radius 3 is 1.24 bits per heavy atom. The van der Waals surface area contributed by atoms with Gasteiger partial charge < -0.3 is 18.9 Å². The Labute approximate surface area is 241 Å². The first-order valence-electron chi connectivity index (χ1n) is 12.9. The van der Waals surface area contributed by atoms with Gasteiger partial charge in [0, 0.05) is 0 Å². The van der Waals surface area contributed by atoms with Gasteiger partial charge in [0.1, 0.15) is 6.61 Å². The highest BCUT2D eigenvalue weighted by molar-refractivity contribution is 5.96. The summed E-state index contributed by atoms with van der Waals surface area (Å²) < 4.78 is 21.6. The summed E-state index contributed by atoms with van der Waals surface area (Å²) in [5, 5.41) is 0. The Bertz CT molecular complexity index is 1500. The summed E-state index contributed by atoms with van der Waals surface area (Å²) in [6.07, 6.45) is -3.38. The van der Waals surface area contributed by atoms with Crippen molar-refractivity contribution in [1.29, 1.82) is 0 Å². The second kappa shape index (κ2) is 14.7. The predicted molar refractivity (Wildman–Crippen MR) is 150 cm³/mol. The highest BCUT2D eigenvalue weighted by Gasteiger charge is 2.37. The summed E-state index contributed by atoms with van der Waals surface area (Å²) in [4.78, 5) is 64.6. The first-order valence-corrected chi connectivity index (χ1v) is 12.9. The average molecular weight is 567 g/mol. The number of carbonyl (C=O) groups is 5. The van der Waals surface area contributed by atoms with E-state index in [4.69, 9.17) is 18.9 Å². The lowest BCUT2D eigenvalue weighted by atomic mass is 10.1. The molecule has 42 heavy (non-hydrogen) atoms. The zero-order valence-corrected chi connectivity index (χ0v) is 22.3. The number of rotatable bonds is 12. The van der Waals surface area contributed by atoms with E-state index in [1.54, 1.807) is 72.8 Å². The van der Waals surface area contributed by atoms with E-state index in [0.29, 0.717) is 0 Å². The molecular weight excluding hydrogens is 540 g/mol. The van der Waals surface area contributed by atoms with Gasteiger partial charge in [0.15, 0.2) is 12.7 Å². The van der Waals surface area contributed by atoms with Gasteiger partial charge >= 0.3 is 23.9 Å². The largest absolute Gasteiger partial charge is 0.458 e. The second-order valence-electron chi connectivity index (χ2n) is 8.87. The van der Waals surface area contributed by atoms with Gasteiger partial charge in [-0.1, -0.05) is 72.8 Å². The topological polar surface area (TPSA) is 122 Å². The summed E-state index contributed by atoms with van der Waals surface area (Å²) in [6.45, 7) is -1.45. The van der Waals surface area contributed by atoms with Gasteiger partial charge in [0.25, 0.3) is 0 Å². The number of esters is 4. The maximum Gasteiger partial charge on any atom is 0.338 e. The summed E-state index contributed by atoms with van der Waals surface area (Å²) in [5.41, 5.74) is 0.678. The van der Waals surface area contributed by atoms with Gasteiger partial charge in [-0.05, 0) is 48.5 Å². The van der Waals surface area contributed by atoms with E-state index in [1.165, 1.54) is 48.5 Å². The van der Waals surface area contributed by atoms with Crippen molar-refractivity contribution in [1.82, 2.24) is 0 Å². The van der Waals surface area contributed by atoms with Crippen molar-refractivity contribution >= 4 is 29.7 Å². The Balaban J connectivity index is 1.60. The van der Waals surface area contributed by atoms with Gasteiger partial charge in [0.05, 0.1) is 22.3 Å². The molecule has 0 aromatic heterocycles. The molecule has 0 bridgehead atoms. The third-order valence-corrected chi connectivity index (χ3v) is 5.91. The Hall–Kier alpha value is -5.57. The molecule has 9 heteroatoms. The van der Waals surface area contributed by atoms with Crippen molar-refractivity contribution in [3.8, 4) is 0 Å². The number of benzene rings is 4. The summed E-state index contributed by atoms with van der Waals surface area (Å²) in [7, 11) is 0. The molecule has 4 aromatic rings. The standard InChI is InChI=1S/C33H26O9/c34-27(21-39-30(35)23-13-5-1-6-14-23)29(42-33(38)26-19-11-4-12-20-26)28(41-32(37)25-17-9-3-10-18-25)22-40-31(36)24-15-7-2-8-16-24/h1-20,28-29H,21-22H2/t28-,29+/m1/s1. The van der Waals surface area contributed by atoms with Crippen LogP contribution in [0, 0.1) is 0 Å². The van der Waals surface area contributed by atoms with Crippen LogP contribution in [0.5, 0.6) is 0 Å². The highest BCUT2D eigenvalue weighted by atomic mass is 16.6. The Morgan fingerprint density at radius 2 is 0.810 bits per heavy atom. The van der Waals surface area contributed by atoms with Crippen molar-refractivity contribution in [3.05, 3.63) is 144 Å². The molecule has 0 N–H and O–H groups in total. The van der Waals surface area contributed by atoms with Gasteiger partial charge in [-0.2, -0.15) is 0 Å². The minimum atomic E-state index is -1.79. The molecular formula is C33H26O9. The normalized spacial score (nSPS) is 11.8. The van der Waals surface area contributed by atoms with Crippen LogP contribution < -0.4 is 0 Å². The predicted octanol–water partition coefficient (Wildman–Crippen LogP) is 4.72. The monoisotopic (exact) mass is 566 g/mol. The molecule has 9 nitrogen and oxygen atoms in total. The third kappa shape index (κ3) is 8.22. The maximum atomic E-state index is 13.4. The third-order valence-electron chi connectivity index (χ3n) is 5.91. The van der Waals surface area contributed by atoms with Crippen LogP contribution in [-0.4, -0.2) is 55.1 Å². The minimum Gasteiger partial charge on any atom is -0.458 e. The summed E-state index contributed by atoms with van der Waals surface area (Å²) >= 11 is 0. The summed E-state index contributed by atoms with van der Waals surface area (Å²) in [6, 6.07) is 31.8. The number of hydrogen-bond acceptors (Lipinski definition) is 9. The fourth-order valence-electron chi connectivity index (χ4n) is 3.76. The molecule has 0 radical (unpaired) electrons. The lowest BCUT2D eigenvalue weighted by Crippen LogP contribution is -2.46. The number of hydrogen-bond donors (Lipinski definition) is 0. The zero-order valence-electron chi connectivity index (χ0n) is 22.3. The van der Waals surface area contributed by atoms with Crippen LogP contribution in [0.4, 0.5) is 0 Å². The van der Waals surface area contributed by atoms with Crippen LogP contribution in [0.2, 0.25) is 0 Å². The van der Waals surface area contributed by atoms with Gasteiger partial charge in [-0.25, -0.2) is 19.2 Å². The number of Topliss-reactive ketones (excluding diaryl/α,β-unsaturated/α-hetero) is 1. The van der Waals surface area contributed by atoms with Gasteiger partial charge in [-0.15, -0.1) is 0 Å². The van der Waals surface area contributed by atoms with E-state index in [1.807, 2.05) is 0 Å². The van der Waals surface area contributed by atoms with E-state index < -0.39 is 55.1 Å². The average Bonchev–Trinajstić information content (AvgIpc) is 3.05. The first kappa shape index (κ1) is 29.4. The smallest absolute Gasteiger partial charge is 0.338 e. The van der Waals surface area contributed by atoms with E-state index in [9.17, 15) is 24.0 Å². The van der Waals surface area contributed by atoms with Crippen molar-refractivity contribution in [2.45, 2.75) is 12.2 Å². The van der Waals surface area contributed by atoms with Crippen LogP contribution >= 0.6 is 0 Å². The quantitative estimate of drug-likeness (QED) is 0.177. The fraction of sp³-hybridized carbons (Fsp3) is 0.121. The highest BCUT2D eigenvalue weighted by Crippen LogP contribution is 2.16. The molecule has 0 aliphatic heterocycles. The van der Waals surface area contributed by atoms with Crippen molar-refractivity contribution in [2.75, 3.05) is 13.2 Å². The van der Waals surface area contributed by atoms with Crippen LogP contribution in [0.1, 0.15) is 41.4 Å². The Kier molecular flexibility index (Phi) is 10.3. The van der Waals surface area contributed by atoms with Crippen molar-refractivity contribution < 1.29 is 42.9 Å². The molecule has 0 heterocycles. The number of carbonyl (C=O) groups excluding carboxylic acids is 5. The van der Waals surface area contributed by atoms with Crippen molar-refractivity contribution in [2.24, 2.45) is 0 Å². The molecule has 0 fully saturated rings. The molecule has 0 saturated carbocycles. The molecule has 0 unspecified atom stereocenters. The van der Waals surface area contributed by atoms with Gasteiger partial charge in [0.2, 0.25) is 11.9 Å². The number of ether oxygens (including phenoxy) is 4. The van der Waals surface area contributed by atoms with Gasteiger partial charge in [-0.3, -0.25) is 4.79 Å². The van der Waals surface area contributed by atoms with E-state index >= 15 is 0 Å². The lowest BCUT2D eigenvalue weighted by molar-refractivity contribution is -0.139. The van der Waals surface area contributed by atoms with E-state index in [-0.39, 0.29) is 22.3 Å². The molecule has 4 aromatic carbocycles. The molecule has 0 saturated heterocycles. The maximum absolute atomic E-state index is 13.4. The van der Waals surface area contributed by atoms with E-state index in [0.717, 1.165) is 0 Å².